The van der Waals surface area contributed by atoms with E-state index in [-0.39, 0.29) is 5.91 Å². The number of carbonyl (C=O) groups is 1. The van der Waals surface area contributed by atoms with Gasteiger partial charge in [-0.3, -0.25) is 4.79 Å². The number of likely N-dealkylation sites (tertiary alicyclic amines) is 1. The van der Waals surface area contributed by atoms with Gasteiger partial charge in [-0.15, -0.1) is 0 Å². The number of hydrogen-bond donors (Lipinski definition) is 3. The largest absolute Gasteiger partial charge is 0.383 e. The molecule has 0 unspecified atom stereocenters. The molecule has 1 aromatic carbocycles. The molecule has 2 aliphatic rings. The molecule has 1 aliphatic heterocycles. The van der Waals surface area contributed by atoms with Gasteiger partial charge in [-0.2, -0.15) is 0 Å². The predicted octanol–water partition coefficient (Wildman–Crippen LogP) is 3.89. The van der Waals surface area contributed by atoms with Crippen molar-refractivity contribution in [2.45, 2.75) is 63.8 Å². The maximum absolute atomic E-state index is 11.8. The van der Waals surface area contributed by atoms with Gasteiger partial charge in [0.1, 0.15) is 17.8 Å². The van der Waals surface area contributed by atoms with E-state index in [1.165, 1.54) is 24.0 Å². The van der Waals surface area contributed by atoms with E-state index in [1.807, 2.05) is 4.90 Å². The summed E-state index contributed by atoms with van der Waals surface area (Å²) in [5, 5.41) is 8.29. The van der Waals surface area contributed by atoms with Crippen LogP contribution < -0.4 is 16.4 Å². The lowest BCUT2D eigenvalue weighted by molar-refractivity contribution is -0.129. The SMILES string of the molecule is CC(=O)N1CCC(c2cn([C@H]3CC[C@@H](CNCCCNCCc4ccccc4)C3)c3ncnc(N)c23)CC1. The van der Waals surface area contributed by atoms with Gasteiger partial charge in [0, 0.05) is 32.3 Å². The first kappa shape index (κ1) is 26.6. The summed E-state index contributed by atoms with van der Waals surface area (Å²) in [6.07, 6.45) is 11.6. The zero-order valence-electron chi connectivity index (χ0n) is 22.7. The highest BCUT2D eigenvalue weighted by Crippen LogP contribution is 2.41. The van der Waals surface area contributed by atoms with Gasteiger partial charge in [0.15, 0.2) is 0 Å². The highest BCUT2D eigenvalue weighted by atomic mass is 16.2. The topological polar surface area (TPSA) is 101 Å². The summed E-state index contributed by atoms with van der Waals surface area (Å²) in [5.74, 6) is 1.82. The number of amides is 1. The van der Waals surface area contributed by atoms with Crippen LogP contribution in [0.25, 0.3) is 11.0 Å². The van der Waals surface area contributed by atoms with E-state index in [1.54, 1.807) is 13.3 Å². The van der Waals surface area contributed by atoms with Gasteiger partial charge < -0.3 is 25.8 Å². The summed E-state index contributed by atoms with van der Waals surface area (Å²) in [6, 6.07) is 11.1. The molecule has 8 nitrogen and oxygen atoms in total. The molecule has 1 aliphatic carbocycles. The lowest BCUT2D eigenvalue weighted by Gasteiger charge is -2.31. The van der Waals surface area contributed by atoms with Crippen molar-refractivity contribution >= 4 is 22.8 Å². The third kappa shape index (κ3) is 6.35. The molecule has 204 valence electrons. The van der Waals surface area contributed by atoms with Crippen LogP contribution in [0, 0.1) is 5.92 Å². The maximum atomic E-state index is 11.8. The summed E-state index contributed by atoms with van der Waals surface area (Å²) in [6.45, 7) is 7.49. The van der Waals surface area contributed by atoms with Gasteiger partial charge in [0.2, 0.25) is 5.91 Å². The number of anilines is 1. The molecule has 1 saturated heterocycles. The second kappa shape index (κ2) is 12.7. The first-order valence-electron chi connectivity index (χ1n) is 14.4. The number of nitrogens with one attached hydrogen (secondary N) is 2. The lowest BCUT2D eigenvalue weighted by Crippen LogP contribution is -2.36. The Balaban J connectivity index is 1.10. The van der Waals surface area contributed by atoms with Crippen molar-refractivity contribution in [2.75, 3.05) is 45.0 Å². The molecule has 8 heteroatoms. The molecule has 5 rings (SSSR count). The summed E-state index contributed by atoms with van der Waals surface area (Å²) >= 11 is 0. The van der Waals surface area contributed by atoms with Crippen LogP contribution in [0.15, 0.2) is 42.9 Å². The Morgan fingerprint density at radius 2 is 1.82 bits per heavy atom. The fourth-order valence-electron chi connectivity index (χ4n) is 6.36. The minimum atomic E-state index is 0.165. The van der Waals surface area contributed by atoms with Gasteiger partial charge in [0.05, 0.1) is 5.39 Å². The second-order valence-electron chi connectivity index (χ2n) is 11.1. The molecule has 38 heavy (non-hydrogen) atoms. The first-order valence-corrected chi connectivity index (χ1v) is 14.4. The second-order valence-corrected chi connectivity index (χ2v) is 11.1. The van der Waals surface area contributed by atoms with Crippen LogP contribution in [-0.4, -0.2) is 64.6 Å². The first-order chi connectivity index (χ1) is 18.6. The van der Waals surface area contributed by atoms with E-state index in [9.17, 15) is 4.79 Å². The van der Waals surface area contributed by atoms with Gasteiger partial charge in [-0.1, -0.05) is 30.3 Å². The van der Waals surface area contributed by atoms with Crippen LogP contribution in [0.3, 0.4) is 0 Å². The molecule has 2 atom stereocenters. The molecular formula is C30H43N7O. The van der Waals surface area contributed by atoms with Gasteiger partial charge >= 0.3 is 0 Å². The minimum absolute atomic E-state index is 0.165. The predicted molar refractivity (Wildman–Crippen MR) is 153 cm³/mol. The maximum Gasteiger partial charge on any atom is 0.219 e. The number of nitrogens with two attached hydrogens (primary N) is 1. The number of hydrogen-bond acceptors (Lipinski definition) is 6. The third-order valence-electron chi connectivity index (χ3n) is 8.53. The number of rotatable bonds is 11. The summed E-state index contributed by atoms with van der Waals surface area (Å²) < 4.78 is 2.39. The van der Waals surface area contributed by atoms with Crippen LogP contribution in [-0.2, 0) is 11.2 Å². The van der Waals surface area contributed by atoms with E-state index < -0.39 is 0 Å². The molecule has 0 radical (unpaired) electrons. The monoisotopic (exact) mass is 517 g/mol. The van der Waals surface area contributed by atoms with Crippen LogP contribution in [0.1, 0.15) is 68.5 Å². The van der Waals surface area contributed by atoms with Crippen molar-refractivity contribution in [1.82, 2.24) is 30.1 Å². The molecule has 0 bridgehead atoms. The summed E-state index contributed by atoms with van der Waals surface area (Å²) in [4.78, 5) is 22.8. The lowest BCUT2D eigenvalue weighted by atomic mass is 9.89. The van der Waals surface area contributed by atoms with Crippen LogP contribution in [0.2, 0.25) is 0 Å². The van der Waals surface area contributed by atoms with Gasteiger partial charge in [-0.25, -0.2) is 9.97 Å². The van der Waals surface area contributed by atoms with Crippen LogP contribution in [0.5, 0.6) is 0 Å². The Hall–Kier alpha value is -2.97. The fraction of sp³-hybridized carbons (Fsp3) is 0.567. The Morgan fingerprint density at radius 1 is 1.03 bits per heavy atom. The molecule has 2 fully saturated rings. The normalized spacial score (nSPS) is 20.4. The Morgan fingerprint density at radius 3 is 2.61 bits per heavy atom. The van der Waals surface area contributed by atoms with Crippen molar-refractivity contribution < 1.29 is 4.79 Å². The van der Waals surface area contributed by atoms with Crippen molar-refractivity contribution in [1.29, 1.82) is 0 Å². The number of fused-ring (bicyclic) bond motifs is 1. The number of benzene rings is 1. The van der Waals surface area contributed by atoms with Gasteiger partial charge in [-0.05, 0) is 94.1 Å². The van der Waals surface area contributed by atoms with Crippen molar-refractivity contribution in [3.63, 3.8) is 0 Å². The molecule has 1 amide bonds. The van der Waals surface area contributed by atoms with E-state index in [0.29, 0.717) is 23.7 Å². The molecule has 2 aromatic heterocycles. The average Bonchev–Trinajstić information content (AvgIpc) is 3.56. The standard InChI is InChI=1S/C30H43N7O/c1-22(38)36-16-11-25(12-17-36)27-20-37(30-28(27)29(31)34-21-35-30)26-9-8-24(18-26)19-33-14-5-13-32-15-10-23-6-3-2-4-7-23/h2-4,6-7,20-21,24-26,32-33H,5,8-19H2,1H3,(H2,31,34,35)/t24-,26+/m1/s1. The van der Waals surface area contributed by atoms with E-state index in [2.05, 4.69) is 61.7 Å². The average molecular weight is 518 g/mol. The van der Waals surface area contributed by atoms with E-state index in [0.717, 1.165) is 82.4 Å². The number of piperidine rings is 1. The molecule has 4 N–H and O–H groups in total. The van der Waals surface area contributed by atoms with E-state index >= 15 is 0 Å². The number of nitrogen functional groups attached to an aromatic ring is 1. The zero-order chi connectivity index (χ0) is 26.3. The quantitative estimate of drug-likeness (QED) is 0.334. The molecular weight excluding hydrogens is 474 g/mol. The molecule has 0 spiro atoms. The zero-order valence-corrected chi connectivity index (χ0v) is 22.7. The number of carbonyl (C=O) groups excluding carboxylic acids is 1. The van der Waals surface area contributed by atoms with Gasteiger partial charge in [0.25, 0.3) is 0 Å². The Kier molecular flexibility index (Phi) is 8.91. The number of aromatic nitrogens is 3. The van der Waals surface area contributed by atoms with Crippen LogP contribution in [0.4, 0.5) is 5.82 Å². The number of nitrogens with zero attached hydrogens (tertiary/aromatic N) is 4. The Labute approximate surface area is 226 Å². The van der Waals surface area contributed by atoms with E-state index in [4.69, 9.17) is 5.73 Å². The van der Waals surface area contributed by atoms with Crippen molar-refractivity contribution in [3.8, 4) is 0 Å². The molecule has 3 aromatic rings. The van der Waals surface area contributed by atoms with Crippen molar-refractivity contribution in [3.05, 3.63) is 54.0 Å². The summed E-state index contributed by atoms with van der Waals surface area (Å²) in [7, 11) is 0. The van der Waals surface area contributed by atoms with Crippen LogP contribution >= 0.6 is 0 Å². The third-order valence-corrected chi connectivity index (χ3v) is 8.53. The highest BCUT2D eigenvalue weighted by molar-refractivity contribution is 5.90. The highest BCUT2D eigenvalue weighted by Gasteiger charge is 2.31. The molecule has 3 heterocycles. The molecule has 1 saturated carbocycles. The summed E-state index contributed by atoms with van der Waals surface area (Å²) in [5.41, 5.74) is 10.0. The van der Waals surface area contributed by atoms with Crippen molar-refractivity contribution in [2.24, 2.45) is 5.92 Å². The Bertz CT molecular complexity index is 1190. The smallest absolute Gasteiger partial charge is 0.219 e. The minimum Gasteiger partial charge on any atom is -0.383 e. The fourth-order valence-corrected chi connectivity index (χ4v) is 6.36.